The van der Waals surface area contributed by atoms with Gasteiger partial charge in [0.15, 0.2) is 5.65 Å². The second-order valence-corrected chi connectivity index (χ2v) is 2.57. The van der Waals surface area contributed by atoms with E-state index in [4.69, 9.17) is 0 Å². The first-order chi connectivity index (χ1) is 4.88. The summed E-state index contributed by atoms with van der Waals surface area (Å²) in [4.78, 5) is 7.82. The highest BCUT2D eigenvalue weighted by Gasteiger charge is 1.97. The van der Waals surface area contributed by atoms with Crippen molar-refractivity contribution in [2.45, 2.75) is 0 Å². The highest BCUT2D eigenvalue weighted by Crippen LogP contribution is 2.08. The molecule has 0 fully saturated rings. The predicted molar refractivity (Wildman–Crippen MR) is 38.5 cm³/mol. The highest BCUT2D eigenvalue weighted by atomic mass is 79.9. The van der Waals surface area contributed by atoms with Crippen LogP contribution in [0.2, 0.25) is 0 Å². The minimum atomic E-state index is 0.745. The molecule has 0 aromatic carbocycles. The van der Waals surface area contributed by atoms with Gasteiger partial charge in [-0.1, -0.05) is 0 Å². The molecule has 10 heavy (non-hydrogen) atoms. The molecule has 2 aromatic heterocycles. The maximum Gasteiger partial charge on any atom is 0.173 e. The molecule has 0 N–H and O–H groups in total. The summed E-state index contributed by atoms with van der Waals surface area (Å²) in [6.45, 7) is 0. The van der Waals surface area contributed by atoms with Crippen LogP contribution in [0, 0.1) is 0 Å². The smallest absolute Gasteiger partial charge is 0.173 e. The predicted octanol–water partition coefficient (Wildman–Crippen LogP) is 0.887. The lowest BCUT2D eigenvalue weighted by molar-refractivity contribution is 0.881. The lowest BCUT2D eigenvalue weighted by atomic mass is 10.8. The molecular formula is C5H3BrN4. The van der Waals surface area contributed by atoms with Gasteiger partial charge in [-0.15, -0.1) is 0 Å². The summed E-state index contributed by atoms with van der Waals surface area (Å²) in [5, 5.41) is 3.94. The van der Waals surface area contributed by atoms with Gasteiger partial charge in [0.25, 0.3) is 0 Å². The third-order valence-electron chi connectivity index (χ3n) is 1.15. The maximum absolute atomic E-state index is 4.01. The summed E-state index contributed by atoms with van der Waals surface area (Å²) in [5.74, 6) is 0. The number of rotatable bonds is 0. The summed E-state index contributed by atoms with van der Waals surface area (Å²) in [7, 11) is 0. The number of nitrogens with zero attached hydrogens (tertiary/aromatic N) is 4. The van der Waals surface area contributed by atoms with E-state index in [0.717, 1.165) is 10.3 Å². The van der Waals surface area contributed by atoms with Gasteiger partial charge in [-0.05, 0) is 15.9 Å². The third kappa shape index (κ3) is 0.706. The molecule has 50 valence electrons. The van der Waals surface area contributed by atoms with Crippen molar-refractivity contribution in [1.82, 2.24) is 19.6 Å². The van der Waals surface area contributed by atoms with E-state index >= 15 is 0 Å². The maximum atomic E-state index is 4.01. The standard InChI is InChI=1S/C5H3BrN4/c6-4-1-8-5-2-7-3-9-10(4)5/h1-3H. The van der Waals surface area contributed by atoms with E-state index in [1.165, 1.54) is 6.33 Å². The summed E-state index contributed by atoms with van der Waals surface area (Å²) in [6, 6.07) is 0. The molecule has 2 heterocycles. The molecule has 4 nitrogen and oxygen atoms in total. The molecule has 0 bridgehead atoms. The van der Waals surface area contributed by atoms with Gasteiger partial charge in [0.1, 0.15) is 10.9 Å². The quantitative estimate of drug-likeness (QED) is 0.632. The zero-order valence-electron chi connectivity index (χ0n) is 4.90. The van der Waals surface area contributed by atoms with Crippen molar-refractivity contribution in [1.29, 1.82) is 0 Å². The van der Waals surface area contributed by atoms with Gasteiger partial charge in [0, 0.05) is 0 Å². The van der Waals surface area contributed by atoms with Crippen molar-refractivity contribution in [2.75, 3.05) is 0 Å². The van der Waals surface area contributed by atoms with Gasteiger partial charge in [0.05, 0.1) is 12.4 Å². The molecule has 2 aromatic rings. The molecular weight excluding hydrogens is 196 g/mol. The monoisotopic (exact) mass is 198 g/mol. The average molecular weight is 199 g/mol. The van der Waals surface area contributed by atoms with Gasteiger partial charge in [-0.3, -0.25) is 0 Å². The Balaban J connectivity index is 2.93. The lowest BCUT2D eigenvalue weighted by Gasteiger charge is -1.88. The summed E-state index contributed by atoms with van der Waals surface area (Å²) in [6.07, 6.45) is 4.81. The van der Waals surface area contributed by atoms with E-state index in [0.29, 0.717) is 0 Å². The second kappa shape index (κ2) is 2.02. The zero-order valence-corrected chi connectivity index (χ0v) is 6.48. The molecule has 0 aliphatic rings. The number of halogens is 1. The zero-order chi connectivity index (χ0) is 6.97. The van der Waals surface area contributed by atoms with Gasteiger partial charge < -0.3 is 0 Å². The van der Waals surface area contributed by atoms with Crippen LogP contribution < -0.4 is 0 Å². The molecule has 0 amide bonds. The minimum absolute atomic E-state index is 0.745. The first kappa shape index (κ1) is 5.79. The summed E-state index contributed by atoms with van der Waals surface area (Å²) in [5.41, 5.74) is 0.745. The Labute approximate surface area is 65.0 Å². The van der Waals surface area contributed by atoms with Crippen molar-refractivity contribution in [3.8, 4) is 0 Å². The normalized spacial score (nSPS) is 10.5. The van der Waals surface area contributed by atoms with Gasteiger partial charge in [-0.2, -0.15) is 5.10 Å². The summed E-state index contributed by atoms with van der Waals surface area (Å²) >= 11 is 3.28. The Kier molecular flexibility index (Phi) is 1.17. The molecule has 0 unspecified atom stereocenters. The molecule has 0 radical (unpaired) electrons. The van der Waals surface area contributed by atoms with Crippen LogP contribution in [0.4, 0.5) is 0 Å². The molecule has 0 aliphatic heterocycles. The second-order valence-electron chi connectivity index (χ2n) is 1.76. The van der Waals surface area contributed by atoms with E-state index in [1.807, 2.05) is 0 Å². The van der Waals surface area contributed by atoms with Gasteiger partial charge in [-0.25, -0.2) is 14.5 Å². The highest BCUT2D eigenvalue weighted by molar-refractivity contribution is 9.10. The number of hydrogen-bond donors (Lipinski definition) is 0. The van der Waals surface area contributed by atoms with Crippen molar-refractivity contribution in [3.63, 3.8) is 0 Å². The number of hydrogen-bond acceptors (Lipinski definition) is 3. The Morgan fingerprint density at radius 1 is 1.40 bits per heavy atom. The van der Waals surface area contributed by atoms with E-state index in [9.17, 15) is 0 Å². The topological polar surface area (TPSA) is 43.1 Å². The van der Waals surface area contributed by atoms with E-state index in [2.05, 4.69) is 31.0 Å². The fourth-order valence-electron chi connectivity index (χ4n) is 0.722. The van der Waals surface area contributed by atoms with Crippen molar-refractivity contribution in [3.05, 3.63) is 23.3 Å². The molecule has 0 atom stereocenters. The molecule has 0 saturated carbocycles. The third-order valence-corrected chi connectivity index (χ3v) is 1.69. The van der Waals surface area contributed by atoms with E-state index in [-0.39, 0.29) is 0 Å². The van der Waals surface area contributed by atoms with Crippen molar-refractivity contribution in [2.24, 2.45) is 0 Å². The first-order valence-corrected chi connectivity index (χ1v) is 3.46. The average Bonchev–Trinajstić information content (AvgIpc) is 2.34. The van der Waals surface area contributed by atoms with E-state index in [1.54, 1.807) is 16.9 Å². The van der Waals surface area contributed by atoms with Crippen molar-refractivity contribution >= 4 is 21.6 Å². The molecule has 0 spiro atoms. The van der Waals surface area contributed by atoms with Crippen LogP contribution in [0.3, 0.4) is 0 Å². The largest absolute Gasteiger partial charge is 0.239 e. The van der Waals surface area contributed by atoms with E-state index < -0.39 is 0 Å². The van der Waals surface area contributed by atoms with Crippen LogP contribution in [-0.4, -0.2) is 19.6 Å². The Bertz CT molecular complexity index is 355. The van der Waals surface area contributed by atoms with Crippen LogP contribution >= 0.6 is 15.9 Å². The molecule has 5 heteroatoms. The number of imidazole rings is 1. The Morgan fingerprint density at radius 2 is 2.30 bits per heavy atom. The molecule has 0 aliphatic carbocycles. The Morgan fingerprint density at radius 3 is 3.10 bits per heavy atom. The van der Waals surface area contributed by atoms with Crippen molar-refractivity contribution < 1.29 is 0 Å². The lowest BCUT2D eigenvalue weighted by Crippen LogP contribution is -1.90. The number of aromatic nitrogens is 4. The SMILES string of the molecule is Brc1cnc2cncnn12. The van der Waals surface area contributed by atoms with Crippen LogP contribution in [0.25, 0.3) is 5.65 Å². The van der Waals surface area contributed by atoms with Gasteiger partial charge in [0.2, 0.25) is 0 Å². The molecule has 0 saturated heterocycles. The first-order valence-electron chi connectivity index (χ1n) is 2.67. The molecule has 2 rings (SSSR count). The fraction of sp³-hybridized carbons (Fsp3) is 0. The Hall–Kier alpha value is -0.970. The van der Waals surface area contributed by atoms with Crippen LogP contribution in [0.15, 0.2) is 23.3 Å². The minimum Gasteiger partial charge on any atom is -0.239 e. The fourth-order valence-corrected chi connectivity index (χ4v) is 1.10. The van der Waals surface area contributed by atoms with Crippen LogP contribution in [-0.2, 0) is 0 Å². The van der Waals surface area contributed by atoms with Gasteiger partial charge >= 0.3 is 0 Å². The van der Waals surface area contributed by atoms with Crippen LogP contribution in [0.5, 0.6) is 0 Å². The van der Waals surface area contributed by atoms with Crippen LogP contribution in [0.1, 0.15) is 0 Å². The number of fused-ring (bicyclic) bond motifs is 1. The summed E-state index contributed by atoms with van der Waals surface area (Å²) < 4.78 is 2.50.